The molecule has 8 heteroatoms. The molecule has 1 N–H and O–H groups in total. The minimum absolute atomic E-state index is 0.119. The van der Waals surface area contributed by atoms with Gasteiger partial charge >= 0.3 is 6.09 Å². The second-order valence-electron chi connectivity index (χ2n) is 10.4. The molecule has 198 valence electrons. The second-order valence-corrected chi connectivity index (χ2v) is 10.4. The first-order chi connectivity index (χ1) is 18.2. The summed E-state index contributed by atoms with van der Waals surface area (Å²) in [4.78, 5) is 37.1. The second kappa shape index (κ2) is 11.9. The summed E-state index contributed by atoms with van der Waals surface area (Å²) in [6, 6.07) is 16.3. The predicted molar refractivity (Wildman–Crippen MR) is 149 cm³/mol. The lowest BCUT2D eigenvalue weighted by Crippen LogP contribution is -2.40. The minimum Gasteiger partial charge on any atom is -0.444 e. The minimum atomic E-state index is -0.610. The SMILES string of the molecule is CN(Cc1cccc(-c2ccc(N3CC=C(c4cccnc4)CC3)nc2)c1)C(=O)CNC(=O)OC(C)(C)C. The van der Waals surface area contributed by atoms with Gasteiger partial charge in [-0.05, 0) is 73.7 Å². The number of anilines is 1. The van der Waals surface area contributed by atoms with E-state index >= 15 is 0 Å². The smallest absolute Gasteiger partial charge is 0.408 e. The Hall–Kier alpha value is -4.20. The van der Waals surface area contributed by atoms with Crippen molar-refractivity contribution < 1.29 is 14.3 Å². The highest BCUT2D eigenvalue weighted by Gasteiger charge is 2.18. The van der Waals surface area contributed by atoms with E-state index in [4.69, 9.17) is 9.72 Å². The monoisotopic (exact) mass is 513 g/mol. The molecule has 2 aromatic heterocycles. The number of alkyl carbamates (subject to hydrolysis) is 1. The number of carbonyl (C=O) groups is 2. The highest BCUT2D eigenvalue weighted by molar-refractivity contribution is 5.82. The summed E-state index contributed by atoms with van der Waals surface area (Å²) in [7, 11) is 1.72. The lowest BCUT2D eigenvalue weighted by atomic mass is 10.0. The van der Waals surface area contributed by atoms with Crippen LogP contribution in [-0.2, 0) is 16.1 Å². The van der Waals surface area contributed by atoms with E-state index in [0.29, 0.717) is 6.54 Å². The van der Waals surface area contributed by atoms with E-state index in [1.165, 1.54) is 11.1 Å². The first-order valence-electron chi connectivity index (χ1n) is 12.8. The largest absolute Gasteiger partial charge is 0.444 e. The van der Waals surface area contributed by atoms with E-state index in [2.05, 4.69) is 45.5 Å². The Bertz CT molecular complexity index is 1280. The Morgan fingerprint density at radius 2 is 1.87 bits per heavy atom. The molecule has 0 radical (unpaired) electrons. The van der Waals surface area contributed by atoms with Crippen LogP contribution in [0.1, 0.15) is 38.3 Å². The van der Waals surface area contributed by atoms with E-state index in [1.807, 2.05) is 36.7 Å². The van der Waals surface area contributed by atoms with Crippen molar-refractivity contribution in [2.45, 2.75) is 39.3 Å². The van der Waals surface area contributed by atoms with Crippen molar-refractivity contribution >= 4 is 23.4 Å². The zero-order chi connectivity index (χ0) is 27.1. The fraction of sp³-hybridized carbons (Fsp3) is 0.333. The number of carbonyl (C=O) groups excluding carboxylic acids is 2. The van der Waals surface area contributed by atoms with Crippen LogP contribution in [0.4, 0.5) is 10.6 Å². The number of likely N-dealkylation sites (N-methyl/N-ethyl adjacent to an activating group) is 1. The lowest BCUT2D eigenvalue weighted by molar-refractivity contribution is -0.129. The van der Waals surface area contributed by atoms with E-state index in [0.717, 1.165) is 42.0 Å². The molecule has 1 aromatic carbocycles. The van der Waals surface area contributed by atoms with Crippen LogP contribution in [-0.4, -0.2) is 59.2 Å². The molecule has 0 atom stereocenters. The van der Waals surface area contributed by atoms with Crippen LogP contribution in [0.25, 0.3) is 16.7 Å². The Morgan fingerprint density at radius 3 is 2.53 bits per heavy atom. The van der Waals surface area contributed by atoms with Crippen molar-refractivity contribution in [1.82, 2.24) is 20.2 Å². The molecular weight excluding hydrogens is 478 g/mol. The third-order valence-corrected chi connectivity index (χ3v) is 6.20. The van der Waals surface area contributed by atoms with Gasteiger partial charge in [-0.1, -0.05) is 30.3 Å². The summed E-state index contributed by atoms with van der Waals surface area (Å²) >= 11 is 0. The number of nitrogens with zero attached hydrogens (tertiary/aromatic N) is 4. The molecule has 3 aromatic rings. The van der Waals surface area contributed by atoms with Crippen LogP contribution < -0.4 is 10.2 Å². The average molecular weight is 514 g/mol. The fourth-order valence-corrected chi connectivity index (χ4v) is 4.24. The molecular formula is C30H35N5O3. The van der Waals surface area contributed by atoms with Crippen molar-refractivity contribution in [3.05, 3.63) is 84.3 Å². The van der Waals surface area contributed by atoms with Gasteiger partial charge in [-0.15, -0.1) is 0 Å². The molecule has 0 aliphatic carbocycles. The van der Waals surface area contributed by atoms with Gasteiger partial charge in [-0.25, -0.2) is 9.78 Å². The maximum absolute atomic E-state index is 12.5. The van der Waals surface area contributed by atoms with Crippen molar-refractivity contribution in [1.29, 1.82) is 0 Å². The number of pyridine rings is 2. The number of rotatable bonds is 7. The van der Waals surface area contributed by atoms with Crippen LogP contribution in [0.3, 0.4) is 0 Å². The Labute approximate surface area is 224 Å². The molecule has 0 unspecified atom stereocenters. The molecule has 1 aliphatic heterocycles. The zero-order valence-corrected chi connectivity index (χ0v) is 22.5. The first kappa shape index (κ1) is 26.9. The Balaban J connectivity index is 1.33. The van der Waals surface area contributed by atoms with Gasteiger partial charge in [0, 0.05) is 50.8 Å². The van der Waals surface area contributed by atoms with Gasteiger partial charge in [0.2, 0.25) is 5.91 Å². The van der Waals surface area contributed by atoms with Gasteiger partial charge in [0.15, 0.2) is 0 Å². The van der Waals surface area contributed by atoms with Gasteiger partial charge < -0.3 is 19.9 Å². The van der Waals surface area contributed by atoms with E-state index in [-0.39, 0.29) is 12.5 Å². The molecule has 0 fully saturated rings. The summed E-state index contributed by atoms with van der Waals surface area (Å²) in [6.45, 7) is 7.37. The molecule has 8 nitrogen and oxygen atoms in total. The van der Waals surface area contributed by atoms with Gasteiger partial charge in [-0.3, -0.25) is 9.78 Å². The van der Waals surface area contributed by atoms with Gasteiger partial charge in [0.1, 0.15) is 18.0 Å². The molecule has 1 aliphatic rings. The molecule has 3 heterocycles. The van der Waals surface area contributed by atoms with Crippen LogP contribution in [0.2, 0.25) is 0 Å². The van der Waals surface area contributed by atoms with Crippen LogP contribution in [0.15, 0.2) is 73.2 Å². The van der Waals surface area contributed by atoms with Gasteiger partial charge in [0.05, 0.1) is 0 Å². The maximum atomic E-state index is 12.5. The molecule has 0 saturated heterocycles. The van der Waals surface area contributed by atoms with Crippen LogP contribution in [0, 0.1) is 0 Å². The van der Waals surface area contributed by atoms with Crippen LogP contribution in [0.5, 0.6) is 0 Å². The summed E-state index contributed by atoms with van der Waals surface area (Å²) in [6.07, 6.45) is 8.21. The van der Waals surface area contributed by atoms with Crippen LogP contribution >= 0.6 is 0 Å². The van der Waals surface area contributed by atoms with E-state index in [9.17, 15) is 9.59 Å². The molecule has 0 spiro atoms. The van der Waals surface area contributed by atoms with Crippen molar-refractivity contribution in [3.8, 4) is 11.1 Å². The normalized spacial score (nSPS) is 13.5. The van der Waals surface area contributed by atoms with Crippen molar-refractivity contribution in [3.63, 3.8) is 0 Å². The maximum Gasteiger partial charge on any atom is 0.408 e. The third kappa shape index (κ3) is 7.41. The predicted octanol–water partition coefficient (Wildman–Crippen LogP) is 4.92. The fourth-order valence-electron chi connectivity index (χ4n) is 4.24. The number of nitrogens with one attached hydrogen (secondary N) is 1. The Kier molecular flexibility index (Phi) is 8.41. The number of hydrogen-bond acceptors (Lipinski definition) is 6. The highest BCUT2D eigenvalue weighted by Crippen LogP contribution is 2.26. The molecule has 2 amide bonds. The molecule has 0 saturated carbocycles. The van der Waals surface area contributed by atoms with Gasteiger partial charge in [0.25, 0.3) is 0 Å². The number of aromatic nitrogens is 2. The highest BCUT2D eigenvalue weighted by atomic mass is 16.6. The summed E-state index contributed by atoms with van der Waals surface area (Å²) in [5.74, 6) is 0.753. The van der Waals surface area contributed by atoms with Crippen molar-refractivity contribution in [2.24, 2.45) is 0 Å². The molecule has 38 heavy (non-hydrogen) atoms. The number of ether oxygens (including phenoxy) is 1. The van der Waals surface area contributed by atoms with Crippen molar-refractivity contribution in [2.75, 3.05) is 31.6 Å². The molecule has 0 bridgehead atoms. The number of benzene rings is 1. The Morgan fingerprint density at radius 1 is 1.05 bits per heavy atom. The lowest BCUT2D eigenvalue weighted by Gasteiger charge is -2.27. The summed E-state index contributed by atoms with van der Waals surface area (Å²) < 4.78 is 5.19. The van der Waals surface area contributed by atoms with E-state index < -0.39 is 11.7 Å². The quantitative estimate of drug-likeness (QED) is 0.483. The topological polar surface area (TPSA) is 87.7 Å². The summed E-state index contributed by atoms with van der Waals surface area (Å²) in [5.41, 5.74) is 4.94. The number of amides is 2. The summed E-state index contributed by atoms with van der Waals surface area (Å²) in [5, 5.41) is 2.51. The molecule has 4 rings (SSSR count). The standard InChI is InChI=1S/C30H35N5O3/c1-30(2,3)38-29(37)33-20-28(36)34(4)21-22-7-5-8-24(17-22)26-10-11-27(32-19-26)35-15-12-23(13-16-35)25-9-6-14-31-18-25/h5-12,14,17-19H,13,15-16,20-21H2,1-4H3,(H,33,37). The number of hydrogen-bond donors (Lipinski definition) is 1. The average Bonchev–Trinajstić information content (AvgIpc) is 2.91. The zero-order valence-electron chi connectivity index (χ0n) is 22.5. The van der Waals surface area contributed by atoms with Gasteiger partial charge in [-0.2, -0.15) is 0 Å². The van der Waals surface area contributed by atoms with E-state index in [1.54, 1.807) is 38.9 Å². The third-order valence-electron chi connectivity index (χ3n) is 6.20. The first-order valence-corrected chi connectivity index (χ1v) is 12.8.